The first-order chi connectivity index (χ1) is 14.6. The molecule has 0 saturated carbocycles. The molecule has 2 rings (SSSR count). The second kappa shape index (κ2) is 10.9. The molecular weight excluding hydrogens is 420 g/mol. The van der Waals surface area contributed by atoms with Crippen LogP contribution in [0, 0.1) is 0 Å². The van der Waals surface area contributed by atoms with Crippen molar-refractivity contribution in [2.45, 2.75) is 44.8 Å². The molecule has 31 heavy (non-hydrogen) atoms. The van der Waals surface area contributed by atoms with Gasteiger partial charge >= 0.3 is 5.97 Å². The number of carboxylic acids is 1. The van der Waals surface area contributed by atoms with E-state index in [9.17, 15) is 19.5 Å². The molecule has 0 spiro atoms. The number of ether oxygens (including phenoxy) is 1. The van der Waals surface area contributed by atoms with E-state index in [0.29, 0.717) is 41.3 Å². The molecule has 0 heterocycles. The lowest BCUT2D eigenvalue weighted by atomic mass is 10.0. The molecule has 0 saturated heterocycles. The third-order valence-corrected chi connectivity index (χ3v) is 4.95. The van der Waals surface area contributed by atoms with Crippen molar-refractivity contribution < 1.29 is 24.2 Å². The van der Waals surface area contributed by atoms with Crippen LogP contribution in [-0.2, 0) is 9.59 Å². The molecule has 0 fully saturated rings. The van der Waals surface area contributed by atoms with Gasteiger partial charge in [0.25, 0.3) is 5.91 Å². The number of nitrogens with one attached hydrogen (secondary N) is 1. The Balaban J connectivity index is 2.03. The standard InChI is InChI=1S/C23H27ClN2O5/c1-23(2,22(30)26-19(21(28)29)5-3-4-14-25)31-18-12-8-16(9-13-18)20(27)15-6-10-17(24)11-7-15/h6-13,19H,3-5,14,25H2,1-2H3,(H,26,30)(H,28,29). The fourth-order valence-electron chi connectivity index (χ4n) is 2.87. The lowest BCUT2D eigenvalue weighted by Gasteiger charge is -2.27. The van der Waals surface area contributed by atoms with Gasteiger partial charge in [0, 0.05) is 16.1 Å². The summed E-state index contributed by atoms with van der Waals surface area (Å²) in [7, 11) is 0. The molecule has 1 amide bonds. The molecule has 0 radical (unpaired) electrons. The van der Waals surface area contributed by atoms with Crippen LogP contribution < -0.4 is 15.8 Å². The summed E-state index contributed by atoms with van der Waals surface area (Å²) in [6.07, 6.45) is 1.56. The van der Waals surface area contributed by atoms with E-state index in [4.69, 9.17) is 22.1 Å². The molecule has 0 aliphatic carbocycles. The summed E-state index contributed by atoms with van der Waals surface area (Å²) in [5, 5.41) is 12.4. The molecular formula is C23H27ClN2O5. The molecule has 7 nitrogen and oxygen atoms in total. The Morgan fingerprint density at radius 3 is 2.10 bits per heavy atom. The van der Waals surface area contributed by atoms with Crippen LogP contribution >= 0.6 is 11.6 Å². The molecule has 0 aliphatic heterocycles. The second-order valence-corrected chi connectivity index (χ2v) is 8.06. The molecule has 2 aromatic carbocycles. The second-order valence-electron chi connectivity index (χ2n) is 7.62. The summed E-state index contributed by atoms with van der Waals surface area (Å²) in [5.74, 6) is -1.44. The minimum Gasteiger partial charge on any atom is -0.480 e. The van der Waals surface area contributed by atoms with Gasteiger partial charge in [0.05, 0.1) is 0 Å². The lowest BCUT2D eigenvalue weighted by Crippen LogP contribution is -2.52. The van der Waals surface area contributed by atoms with E-state index in [1.165, 1.54) is 0 Å². The van der Waals surface area contributed by atoms with Crippen LogP contribution in [0.5, 0.6) is 5.75 Å². The monoisotopic (exact) mass is 446 g/mol. The highest BCUT2D eigenvalue weighted by molar-refractivity contribution is 6.30. The van der Waals surface area contributed by atoms with Gasteiger partial charge in [0.15, 0.2) is 11.4 Å². The molecule has 166 valence electrons. The highest BCUT2D eigenvalue weighted by atomic mass is 35.5. The average Bonchev–Trinajstić information content (AvgIpc) is 2.73. The molecule has 8 heteroatoms. The summed E-state index contributed by atoms with van der Waals surface area (Å²) in [4.78, 5) is 36.6. The largest absolute Gasteiger partial charge is 0.480 e. The lowest BCUT2D eigenvalue weighted by molar-refractivity contribution is -0.145. The van der Waals surface area contributed by atoms with E-state index in [2.05, 4.69) is 5.32 Å². The zero-order chi connectivity index (χ0) is 23.0. The van der Waals surface area contributed by atoms with Gasteiger partial charge in [-0.15, -0.1) is 0 Å². The fourth-order valence-corrected chi connectivity index (χ4v) is 2.99. The third kappa shape index (κ3) is 7.08. The van der Waals surface area contributed by atoms with E-state index in [-0.39, 0.29) is 12.2 Å². The Morgan fingerprint density at radius 1 is 1.03 bits per heavy atom. The highest BCUT2D eigenvalue weighted by Gasteiger charge is 2.33. The summed E-state index contributed by atoms with van der Waals surface area (Å²) in [6, 6.07) is 12.0. The molecule has 2 aromatic rings. The van der Waals surface area contributed by atoms with E-state index in [1.54, 1.807) is 62.4 Å². The third-order valence-electron chi connectivity index (χ3n) is 4.69. The van der Waals surface area contributed by atoms with Crippen molar-refractivity contribution >= 4 is 29.3 Å². The predicted molar refractivity (Wildman–Crippen MR) is 119 cm³/mol. The Hall–Kier alpha value is -2.90. The summed E-state index contributed by atoms with van der Waals surface area (Å²) in [5.41, 5.74) is 5.09. The van der Waals surface area contributed by atoms with Gasteiger partial charge < -0.3 is 20.9 Å². The summed E-state index contributed by atoms with van der Waals surface area (Å²) >= 11 is 5.85. The Bertz CT molecular complexity index is 911. The first kappa shape index (κ1) is 24.4. The number of carbonyl (C=O) groups excluding carboxylic acids is 2. The van der Waals surface area contributed by atoms with E-state index >= 15 is 0 Å². The van der Waals surface area contributed by atoms with Gasteiger partial charge in [-0.1, -0.05) is 11.6 Å². The van der Waals surface area contributed by atoms with Crippen LogP contribution in [0.2, 0.25) is 5.02 Å². The minimum atomic E-state index is -1.32. The number of ketones is 1. The van der Waals surface area contributed by atoms with Gasteiger partial charge in [0.2, 0.25) is 0 Å². The first-order valence-electron chi connectivity index (χ1n) is 9.97. The molecule has 0 aromatic heterocycles. The Labute approximate surface area is 186 Å². The van der Waals surface area contributed by atoms with Crippen LogP contribution in [0.4, 0.5) is 0 Å². The fraction of sp³-hybridized carbons (Fsp3) is 0.348. The number of hydrogen-bond donors (Lipinski definition) is 3. The summed E-state index contributed by atoms with van der Waals surface area (Å²) < 4.78 is 5.77. The molecule has 0 bridgehead atoms. The Morgan fingerprint density at radius 2 is 1.58 bits per heavy atom. The van der Waals surface area contributed by atoms with Gasteiger partial charge in [-0.05, 0) is 88.2 Å². The van der Waals surface area contributed by atoms with Crippen molar-refractivity contribution in [3.63, 3.8) is 0 Å². The van der Waals surface area contributed by atoms with Crippen molar-refractivity contribution in [2.24, 2.45) is 5.73 Å². The number of nitrogens with two attached hydrogens (primary N) is 1. The number of carbonyl (C=O) groups is 3. The van der Waals surface area contributed by atoms with Gasteiger partial charge in [-0.3, -0.25) is 9.59 Å². The normalized spacial score (nSPS) is 12.1. The maximum absolute atomic E-state index is 12.6. The van der Waals surface area contributed by atoms with Gasteiger partial charge in [-0.2, -0.15) is 0 Å². The van der Waals surface area contributed by atoms with Gasteiger partial charge in [0.1, 0.15) is 11.8 Å². The van der Waals surface area contributed by atoms with Crippen molar-refractivity contribution in [3.05, 3.63) is 64.7 Å². The van der Waals surface area contributed by atoms with Crippen molar-refractivity contribution in [1.29, 1.82) is 0 Å². The zero-order valence-electron chi connectivity index (χ0n) is 17.6. The summed E-state index contributed by atoms with van der Waals surface area (Å²) in [6.45, 7) is 3.56. The molecule has 1 atom stereocenters. The van der Waals surface area contributed by atoms with Crippen LogP contribution in [-0.4, -0.2) is 41.0 Å². The smallest absolute Gasteiger partial charge is 0.326 e. The molecule has 4 N–H and O–H groups in total. The SMILES string of the molecule is CC(C)(Oc1ccc(C(=O)c2ccc(Cl)cc2)cc1)C(=O)NC(CCCCN)C(=O)O. The van der Waals surface area contributed by atoms with E-state index in [0.717, 1.165) is 0 Å². The highest BCUT2D eigenvalue weighted by Crippen LogP contribution is 2.21. The maximum Gasteiger partial charge on any atom is 0.326 e. The number of halogens is 1. The maximum atomic E-state index is 12.6. The predicted octanol–water partition coefficient (Wildman–Crippen LogP) is 3.43. The Kier molecular flexibility index (Phi) is 8.59. The number of aliphatic carboxylic acids is 1. The van der Waals surface area contributed by atoms with Crippen molar-refractivity contribution in [3.8, 4) is 5.75 Å². The topological polar surface area (TPSA) is 119 Å². The number of benzene rings is 2. The number of amides is 1. The zero-order valence-corrected chi connectivity index (χ0v) is 18.3. The number of unbranched alkanes of at least 4 members (excludes halogenated alkanes) is 1. The number of hydrogen-bond acceptors (Lipinski definition) is 5. The van der Waals surface area contributed by atoms with Crippen molar-refractivity contribution in [2.75, 3.05) is 6.54 Å². The number of rotatable bonds is 11. The minimum absolute atomic E-state index is 0.165. The van der Waals surface area contributed by atoms with Crippen LogP contribution in [0.15, 0.2) is 48.5 Å². The average molecular weight is 447 g/mol. The van der Waals surface area contributed by atoms with Crippen LogP contribution in [0.25, 0.3) is 0 Å². The quantitative estimate of drug-likeness (QED) is 0.359. The molecule has 0 aliphatic rings. The number of carboxylic acid groups (broad SMARTS) is 1. The molecule has 1 unspecified atom stereocenters. The van der Waals surface area contributed by atoms with Crippen molar-refractivity contribution in [1.82, 2.24) is 5.32 Å². The van der Waals surface area contributed by atoms with E-state index < -0.39 is 23.5 Å². The van der Waals surface area contributed by atoms with Gasteiger partial charge in [-0.25, -0.2) is 4.79 Å². The first-order valence-corrected chi connectivity index (χ1v) is 10.3. The van der Waals surface area contributed by atoms with Crippen LogP contribution in [0.1, 0.15) is 49.0 Å². The van der Waals surface area contributed by atoms with Crippen LogP contribution in [0.3, 0.4) is 0 Å². The van der Waals surface area contributed by atoms with E-state index in [1.807, 2.05) is 0 Å².